The SMILES string of the molecule is CC.CC(C)C(NCCC#N)C(=O)O. The van der Waals surface area contributed by atoms with Gasteiger partial charge in [0.2, 0.25) is 0 Å². The van der Waals surface area contributed by atoms with Crippen molar-refractivity contribution in [1.82, 2.24) is 5.32 Å². The molecule has 0 aromatic carbocycles. The molecule has 0 spiro atoms. The Labute approximate surface area is 85.9 Å². The maximum absolute atomic E-state index is 10.6. The molecule has 1 atom stereocenters. The van der Waals surface area contributed by atoms with Gasteiger partial charge in [-0.3, -0.25) is 4.79 Å². The number of aliphatic carboxylic acids is 1. The second-order valence-corrected chi connectivity index (χ2v) is 2.92. The molecule has 82 valence electrons. The van der Waals surface area contributed by atoms with Crippen LogP contribution in [0.2, 0.25) is 0 Å². The van der Waals surface area contributed by atoms with Gasteiger partial charge in [-0.25, -0.2) is 0 Å². The molecule has 0 bridgehead atoms. The number of nitriles is 1. The number of hydrogen-bond donors (Lipinski definition) is 2. The van der Waals surface area contributed by atoms with E-state index < -0.39 is 12.0 Å². The average molecular weight is 200 g/mol. The largest absolute Gasteiger partial charge is 0.480 e. The van der Waals surface area contributed by atoms with Gasteiger partial charge in [0.15, 0.2) is 0 Å². The van der Waals surface area contributed by atoms with Gasteiger partial charge >= 0.3 is 5.97 Å². The Morgan fingerprint density at radius 2 is 2.00 bits per heavy atom. The highest BCUT2D eigenvalue weighted by Crippen LogP contribution is 2.00. The molecule has 0 aliphatic rings. The highest BCUT2D eigenvalue weighted by molar-refractivity contribution is 5.73. The maximum atomic E-state index is 10.6. The molecule has 0 saturated carbocycles. The van der Waals surface area contributed by atoms with Crippen LogP contribution in [0.15, 0.2) is 0 Å². The molecule has 14 heavy (non-hydrogen) atoms. The van der Waals surface area contributed by atoms with E-state index >= 15 is 0 Å². The molecule has 0 amide bonds. The molecule has 0 aliphatic carbocycles. The summed E-state index contributed by atoms with van der Waals surface area (Å²) in [6.07, 6.45) is 0.344. The molecule has 0 heterocycles. The van der Waals surface area contributed by atoms with Crippen LogP contribution in [0.4, 0.5) is 0 Å². The average Bonchev–Trinajstić information content (AvgIpc) is 2.14. The second kappa shape index (κ2) is 10.0. The van der Waals surface area contributed by atoms with Gasteiger partial charge in [0.05, 0.1) is 6.07 Å². The molecular formula is C10H20N2O2. The summed E-state index contributed by atoms with van der Waals surface area (Å²) in [5.41, 5.74) is 0. The van der Waals surface area contributed by atoms with Crippen LogP contribution in [0.1, 0.15) is 34.1 Å². The number of rotatable bonds is 5. The normalized spacial score (nSPS) is 11.1. The van der Waals surface area contributed by atoms with Gasteiger partial charge in [0.1, 0.15) is 6.04 Å². The molecule has 0 fully saturated rings. The van der Waals surface area contributed by atoms with E-state index in [1.807, 2.05) is 33.8 Å². The molecule has 0 radical (unpaired) electrons. The summed E-state index contributed by atoms with van der Waals surface area (Å²) in [4.78, 5) is 10.6. The van der Waals surface area contributed by atoms with Crippen molar-refractivity contribution in [2.75, 3.05) is 6.54 Å². The van der Waals surface area contributed by atoms with Crippen LogP contribution >= 0.6 is 0 Å². The molecule has 1 unspecified atom stereocenters. The quantitative estimate of drug-likeness (QED) is 0.661. The van der Waals surface area contributed by atoms with E-state index in [-0.39, 0.29) is 5.92 Å². The maximum Gasteiger partial charge on any atom is 0.320 e. The molecular weight excluding hydrogens is 180 g/mol. The first-order valence-electron chi connectivity index (χ1n) is 4.92. The van der Waals surface area contributed by atoms with Crippen LogP contribution in [0.5, 0.6) is 0 Å². The standard InChI is InChI=1S/C8H14N2O2.C2H6/c1-6(2)7(8(11)12)10-5-3-4-9;1-2/h6-7,10H,3,5H2,1-2H3,(H,11,12);1-2H3. The molecule has 2 N–H and O–H groups in total. The fraction of sp³-hybridized carbons (Fsp3) is 0.800. The number of nitrogens with zero attached hydrogens (tertiary/aromatic N) is 1. The Morgan fingerprint density at radius 3 is 2.29 bits per heavy atom. The Hall–Kier alpha value is -1.08. The van der Waals surface area contributed by atoms with Crippen molar-refractivity contribution in [2.45, 2.75) is 40.2 Å². The van der Waals surface area contributed by atoms with Crippen molar-refractivity contribution < 1.29 is 9.90 Å². The first-order chi connectivity index (χ1) is 6.59. The zero-order valence-corrected chi connectivity index (χ0v) is 9.37. The summed E-state index contributed by atoms with van der Waals surface area (Å²) < 4.78 is 0. The van der Waals surface area contributed by atoms with E-state index in [0.717, 1.165) is 0 Å². The number of carboxylic acids is 1. The van der Waals surface area contributed by atoms with Crippen LogP contribution < -0.4 is 5.32 Å². The van der Waals surface area contributed by atoms with Gasteiger partial charge < -0.3 is 10.4 Å². The Kier molecular flexibility index (Phi) is 11.0. The predicted molar refractivity (Wildman–Crippen MR) is 55.8 cm³/mol. The van der Waals surface area contributed by atoms with Gasteiger partial charge in [-0.05, 0) is 5.92 Å². The van der Waals surface area contributed by atoms with E-state index in [0.29, 0.717) is 13.0 Å². The van der Waals surface area contributed by atoms with Gasteiger partial charge in [0, 0.05) is 13.0 Å². The molecule has 4 heteroatoms. The van der Waals surface area contributed by atoms with Crippen molar-refractivity contribution in [3.63, 3.8) is 0 Å². The summed E-state index contributed by atoms with van der Waals surface area (Å²) in [6, 6.07) is 1.40. The fourth-order valence-electron chi connectivity index (χ4n) is 0.892. The van der Waals surface area contributed by atoms with Gasteiger partial charge in [-0.1, -0.05) is 27.7 Å². The van der Waals surface area contributed by atoms with E-state index in [4.69, 9.17) is 10.4 Å². The first kappa shape index (κ1) is 15.4. The van der Waals surface area contributed by atoms with Crippen LogP contribution in [0.3, 0.4) is 0 Å². The van der Waals surface area contributed by atoms with Crippen molar-refractivity contribution in [3.05, 3.63) is 0 Å². The van der Waals surface area contributed by atoms with E-state index in [9.17, 15) is 4.79 Å². The van der Waals surface area contributed by atoms with E-state index in [1.54, 1.807) is 0 Å². The highest BCUT2D eigenvalue weighted by Gasteiger charge is 2.19. The smallest absolute Gasteiger partial charge is 0.320 e. The predicted octanol–water partition coefficient (Wildman–Crippen LogP) is 1.63. The molecule has 0 saturated heterocycles. The number of nitrogens with one attached hydrogen (secondary N) is 1. The third-order valence-electron chi connectivity index (χ3n) is 1.53. The van der Waals surface area contributed by atoms with E-state index in [1.165, 1.54) is 0 Å². The molecule has 0 aliphatic heterocycles. The topological polar surface area (TPSA) is 73.1 Å². The van der Waals surface area contributed by atoms with Crippen molar-refractivity contribution >= 4 is 5.97 Å². The monoisotopic (exact) mass is 200 g/mol. The number of carbonyl (C=O) groups is 1. The summed E-state index contributed by atoms with van der Waals surface area (Å²) in [5.74, 6) is -0.816. The second-order valence-electron chi connectivity index (χ2n) is 2.92. The first-order valence-corrected chi connectivity index (χ1v) is 4.92. The third kappa shape index (κ3) is 7.56. The summed E-state index contributed by atoms with van der Waals surface area (Å²) >= 11 is 0. The van der Waals surface area contributed by atoms with Crippen molar-refractivity contribution in [2.24, 2.45) is 5.92 Å². The lowest BCUT2D eigenvalue weighted by molar-refractivity contribution is -0.140. The third-order valence-corrected chi connectivity index (χ3v) is 1.53. The Balaban J connectivity index is 0. The summed E-state index contributed by atoms with van der Waals surface area (Å²) in [6.45, 7) is 8.10. The zero-order valence-electron chi connectivity index (χ0n) is 9.37. The minimum absolute atomic E-state index is 0.0428. The molecule has 4 nitrogen and oxygen atoms in total. The van der Waals surface area contributed by atoms with Gasteiger partial charge in [-0.2, -0.15) is 5.26 Å². The minimum Gasteiger partial charge on any atom is -0.480 e. The Morgan fingerprint density at radius 1 is 1.50 bits per heavy atom. The van der Waals surface area contributed by atoms with Crippen LogP contribution in [-0.2, 0) is 4.79 Å². The lowest BCUT2D eigenvalue weighted by Crippen LogP contribution is -2.41. The summed E-state index contributed by atoms with van der Waals surface area (Å²) in [5, 5.41) is 19.7. The highest BCUT2D eigenvalue weighted by atomic mass is 16.4. The fourth-order valence-corrected chi connectivity index (χ4v) is 0.892. The van der Waals surface area contributed by atoms with Crippen molar-refractivity contribution in [1.29, 1.82) is 5.26 Å². The van der Waals surface area contributed by atoms with Gasteiger partial charge in [0.25, 0.3) is 0 Å². The van der Waals surface area contributed by atoms with E-state index in [2.05, 4.69) is 5.32 Å². The van der Waals surface area contributed by atoms with Crippen LogP contribution in [0, 0.1) is 17.2 Å². The molecule has 0 rings (SSSR count). The summed E-state index contributed by atoms with van der Waals surface area (Å²) in [7, 11) is 0. The lowest BCUT2D eigenvalue weighted by atomic mass is 10.1. The zero-order chi connectivity index (χ0) is 11.6. The molecule has 0 aromatic rings. The lowest BCUT2D eigenvalue weighted by Gasteiger charge is -2.16. The van der Waals surface area contributed by atoms with Crippen LogP contribution in [-0.4, -0.2) is 23.7 Å². The van der Waals surface area contributed by atoms with Crippen molar-refractivity contribution in [3.8, 4) is 6.07 Å². The molecule has 0 aromatic heterocycles. The minimum atomic E-state index is -0.858. The Bertz CT molecular complexity index is 185. The van der Waals surface area contributed by atoms with Crippen LogP contribution in [0.25, 0.3) is 0 Å². The number of hydrogen-bond acceptors (Lipinski definition) is 3. The van der Waals surface area contributed by atoms with Gasteiger partial charge in [-0.15, -0.1) is 0 Å². The number of carboxylic acid groups (broad SMARTS) is 1.